The molecule has 3 amide bonds. The molecule has 0 spiro atoms. The van der Waals surface area contributed by atoms with Gasteiger partial charge in [-0.2, -0.15) is 4.31 Å². The van der Waals surface area contributed by atoms with Gasteiger partial charge in [-0.25, -0.2) is 8.42 Å². The number of aliphatic hydroxyl groups is 1. The molecule has 2 bridgehead atoms. The first-order chi connectivity index (χ1) is 20.8. The normalized spacial score (nSPS) is 19.1. The fourth-order valence-corrected chi connectivity index (χ4v) is 6.32. The van der Waals surface area contributed by atoms with Crippen molar-refractivity contribution < 1.29 is 32.6 Å². The van der Waals surface area contributed by atoms with Crippen molar-refractivity contribution in [3.05, 3.63) is 54.1 Å². The SMILES string of the molecule is CC(=O)Nc1ccc(S(=O)(=O)N(CCC(C)C)C[C@@H](O)[C@@H]2Cc3ccc(cc3)OCCCC(=O)N[C@@H](C(C)C)C(=O)N2)cc1. The van der Waals surface area contributed by atoms with Crippen molar-refractivity contribution in [2.24, 2.45) is 11.8 Å². The molecule has 0 aliphatic carbocycles. The van der Waals surface area contributed by atoms with E-state index in [1.807, 2.05) is 39.8 Å². The highest BCUT2D eigenvalue weighted by molar-refractivity contribution is 7.89. The van der Waals surface area contributed by atoms with Gasteiger partial charge in [-0.05, 0) is 73.1 Å². The maximum Gasteiger partial charge on any atom is 0.243 e. The Labute approximate surface area is 260 Å². The molecule has 2 aromatic carbocycles. The van der Waals surface area contributed by atoms with Crippen molar-refractivity contribution in [1.82, 2.24) is 14.9 Å². The topological polar surface area (TPSA) is 154 Å². The summed E-state index contributed by atoms with van der Waals surface area (Å²) < 4.78 is 34.6. The number of carbonyl (C=O) groups excluding carboxylic acids is 3. The van der Waals surface area contributed by atoms with Crippen LogP contribution in [-0.2, 0) is 30.8 Å². The third-order valence-electron chi connectivity index (χ3n) is 7.41. The van der Waals surface area contributed by atoms with Crippen LogP contribution in [0.4, 0.5) is 5.69 Å². The van der Waals surface area contributed by atoms with Gasteiger partial charge in [-0.15, -0.1) is 0 Å². The second kappa shape index (κ2) is 16.0. The number of sulfonamides is 1. The van der Waals surface area contributed by atoms with Crippen LogP contribution in [0, 0.1) is 11.8 Å². The molecule has 0 unspecified atom stereocenters. The third kappa shape index (κ3) is 10.3. The smallest absolute Gasteiger partial charge is 0.243 e. The number of fused-ring (bicyclic) bond motifs is 12. The van der Waals surface area contributed by atoms with Gasteiger partial charge < -0.3 is 25.8 Å². The van der Waals surface area contributed by atoms with E-state index in [1.165, 1.54) is 35.5 Å². The number of hydrogen-bond acceptors (Lipinski definition) is 7. The summed E-state index contributed by atoms with van der Waals surface area (Å²) >= 11 is 0. The predicted octanol–water partition coefficient (Wildman–Crippen LogP) is 3.08. The highest BCUT2D eigenvalue weighted by Crippen LogP contribution is 2.22. The summed E-state index contributed by atoms with van der Waals surface area (Å²) in [5.41, 5.74) is 1.28. The first-order valence-electron chi connectivity index (χ1n) is 15.1. The zero-order valence-electron chi connectivity index (χ0n) is 26.2. The monoisotopic (exact) mass is 630 g/mol. The molecule has 4 rings (SSSR count). The van der Waals surface area contributed by atoms with E-state index in [-0.39, 0.29) is 54.5 Å². The molecule has 2 aliphatic heterocycles. The highest BCUT2D eigenvalue weighted by atomic mass is 32.2. The van der Waals surface area contributed by atoms with Crippen LogP contribution < -0.4 is 20.7 Å². The minimum Gasteiger partial charge on any atom is -0.494 e. The first kappa shape index (κ1) is 35.0. The number of amides is 3. The quantitative estimate of drug-likeness (QED) is 0.315. The second-order valence-electron chi connectivity index (χ2n) is 12.0. The van der Waals surface area contributed by atoms with Crippen LogP contribution in [0.15, 0.2) is 53.4 Å². The van der Waals surface area contributed by atoms with Crippen LogP contribution in [0.1, 0.15) is 59.4 Å². The molecule has 242 valence electrons. The van der Waals surface area contributed by atoms with E-state index in [2.05, 4.69) is 16.0 Å². The fourth-order valence-electron chi connectivity index (χ4n) is 4.85. The average molecular weight is 631 g/mol. The van der Waals surface area contributed by atoms with Crippen molar-refractivity contribution in [3.63, 3.8) is 0 Å². The van der Waals surface area contributed by atoms with Crippen molar-refractivity contribution in [2.45, 2.75) is 83.4 Å². The molecule has 44 heavy (non-hydrogen) atoms. The summed E-state index contributed by atoms with van der Waals surface area (Å²) in [7, 11) is -4.05. The first-order valence-corrected chi connectivity index (χ1v) is 16.6. The summed E-state index contributed by atoms with van der Waals surface area (Å²) in [6.45, 7) is 9.21. The lowest BCUT2D eigenvalue weighted by Crippen LogP contribution is -2.56. The number of carbonyl (C=O) groups is 3. The molecule has 0 fully saturated rings. The van der Waals surface area contributed by atoms with Gasteiger partial charge in [0.15, 0.2) is 0 Å². The third-order valence-corrected chi connectivity index (χ3v) is 9.29. The molecular weight excluding hydrogens is 584 g/mol. The minimum absolute atomic E-state index is 0.0202. The Morgan fingerprint density at radius 3 is 2.30 bits per heavy atom. The second-order valence-corrected chi connectivity index (χ2v) is 14.0. The molecule has 2 aromatic rings. The van der Waals surface area contributed by atoms with E-state index in [1.54, 1.807) is 12.1 Å². The summed E-state index contributed by atoms with van der Waals surface area (Å²) in [5.74, 6) is -0.401. The average Bonchev–Trinajstić information content (AvgIpc) is 2.96. The van der Waals surface area contributed by atoms with E-state index >= 15 is 0 Å². The lowest BCUT2D eigenvalue weighted by atomic mass is 9.98. The molecule has 0 saturated heterocycles. The van der Waals surface area contributed by atoms with Gasteiger partial charge in [0.2, 0.25) is 27.7 Å². The van der Waals surface area contributed by atoms with Crippen LogP contribution in [0.5, 0.6) is 5.75 Å². The van der Waals surface area contributed by atoms with Gasteiger partial charge in [-0.3, -0.25) is 14.4 Å². The maximum absolute atomic E-state index is 13.8. The van der Waals surface area contributed by atoms with Gasteiger partial charge in [-0.1, -0.05) is 39.8 Å². The van der Waals surface area contributed by atoms with E-state index in [9.17, 15) is 27.9 Å². The largest absolute Gasteiger partial charge is 0.494 e. The van der Waals surface area contributed by atoms with Crippen LogP contribution >= 0.6 is 0 Å². The lowest BCUT2D eigenvalue weighted by Gasteiger charge is -2.32. The van der Waals surface area contributed by atoms with Crippen molar-refractivity contribution >= 4 is 33.4 Å². The number of anilines is 1. The Morgan fingerprint density at radius 1 is 1.05 bits per heavy atom. The molecule has 0 radical (unpaired) electrons. The molecule has 0 aromatic heterocycles. The van der Waals surface area contributed by atoms with Crippen LogP contribution in [0.3, 0.4) is 0 Å². The number of ether oxygens (including phenoxy) is 1. The van der Waals surface area contributed by atoms with Gasteiger partial charge in [0.1, 0.15) is 11.8 Å². The molecule has 12 heteroatoms. The van der Waals surface area contributed by atoms with E-state index < -0.39 is 34.1 Å². The number of rotatable bonds is 10. The number of nitrogens with one attached hydrogen (secondary N) is 3. The Morgan fingerprint density at radius 2 is 1.70 bits per heavy atom. The van der Waals surface area contributed by atoms with Crippen LogP contribution in [-0.4, -0.2) is 73.4 Å². The Kier molecular flexibility index (Phi) is 12.7. The molecule has 4 N–H and O–H groups in total. The fraction of sp³-hybridized carbons (Fsp3) is 0.531. The highest BCUT2D eigenvalue weighted by Gasteiger charge is 2.33. The van der Waals surface area contributed by atoms with Crippen molar-refractivity contribution in [1.29, 1.82) is 0 Å². The molecular formula is C32H46N4O7S. The summed E-state index contributed by atoms with van der Waals surface area (Å²) in [5, 5.41) is 19.9. The van der Waals surface area contributed by atoms with Gasteiger partial charge in [0.05, 0.1) is 23.6 Å². The molecule has 0 saturated carbocycles. The van der Waals surface area contributed by atoms with Gasteiger partial charge in [0.25, 0.3) is 0 Å². The molecule has 3 atom stereocenters. The van der Waals surface area contributed by atoms with E-state index in [0.717, 1.165) is 5.56 Å². The summed E-state index contributed by atoms with van der Waals surface area (Å²) in [6.07, 6.45) is 0.160. The minimum atomic E-state index is -4.05. The standard InChI is InChI=1S/C32H46N4O7S/c1-21(2)16-17-36(44(41,42)27-14-10-25(11-15-27)33-23(5)37)20-29(38)28-19-24-8-12-26(13-9-24)43-18-6-7-30(39)35-31(22(3)4)32(40)34-28/h8-15,21-22,28-29,31,38H,6-7,16-20H2,1-5H3,(H,33,37)(H,34,40)(H,35,39)/t28-,29+,31-/m0/s1. The van der Waals surface area contributed by atoms with Gasteiger partial charge >= 0.3 is 0 Å². The van der Waals surface area contributed by atoms with E-state index in [0.29, 0.717) is 30.9 Å². The zero-order valence-corrected chi connectivity index (χ0v) is 27.0. The van der Waals surface area contributed by atoms with Gasteiger partial charge in [0, 0.05) is 32.1 Å². The predicted molar refractivity (Wildman–Crippen MR) is 169 cm³/mol. The molecule has 11 nitrogen and oxygen atoms in total. The number of benzene rings is 2. The Balaban J connectivity index is 1.93. The van der Waals surface area contributed by atoms with Crippen LogP contribution in [0.25, 0.3) is 0 Å². The van der Waals surface area contributed by atoms with Crippen molar-refractivity contribution in [2.75, 3.05) is 25.0 Å². The number of hydrogen-bond donors (Lipinski definition) is 4. The van der Waals surface area contributed by atoms with Crippen molar-refractivity contribution in [3.8, 4) is 5.75 Å². The lowest BCUT2D eigenvalue weighted by molar-refractivity contribution is -0.131. The zero-order chi connectivity index (χ0) is 32.4. The molecule has 2 heterocycles. The number of nitrogens with zero attached hydrogens (tertiary/aromatic N) is 1. The maximum atomic E-state index is 13.8. The molecule has 2 aliphatic rings. The van der Waals surface area contributed by atoms with Crippen LogP contribution in [0.2, 0.25) is 0 Å². The Bertz CT molecular complexity index is 1360. The Hall–Kier alpha value is -3.48. The number of aliphatic hydroxyl groups excluding tert-OH is 1. The summed E-state index contributed by atoms with van der Waals surface area (Å²) in [4.78, 5) is 37.6. The summed E-state index contributed by atoms with van der Waals surface area (Å²) in [6, 6.07) is 11.4. The van der Waals surface area contributed by atoms with E-state index in [4.69, 9.17) is 4.74 Å².